The second-order valence-electron chi connectivity index (χ2n) is 5.90. The van der Waals surface area contributed by atoms with Crippen molar-refractivity contribution >= 4 is 5.69 Å². The third-order valence-electron chi connectivity index (χ3n) is 3.19. The first kappa shape index (κ1) is 15.8. The molecule has 108 valence electrons. The van der Waals surface area contributed by atoms with Gasteiger partial charge in [0.05, 0.1) is 7.11 Å². The van der Waals surface area contributed by atoms with Gasteiger partial charge in [-0.25, -0.2) is 0 Å². The summed E-state index contributed by atoms with van der Waals surface area (Å²) in [7, 11) is 3.72. The van der Waals surface area contributed by atoms with E-state index in [-0.39, 0.29) is 5.41 Å². The van der Waals surface area contributed by atoms with Gasteiger partial charge in [0.2, 0.25) is 0 Å². The average molecular weight is 264 g/mol. The highest BCUT2D eigenvalue weighted by Gasteiger charge is 2.19. The summed E-state index contributed by atoms with van der Waals surface area (Å²) in [5.41, 5.74) is 2.51. The number of nitrogens with one attached hydrogen (secondary N) is 2. The third-order valence-corrected chi connectivity index (χ3v) is 3.19. The summed E-state index contributed by atoms with van der Waals surface area (Å²) in [6, 6.07) is 6.35. The molecule has 1 aromatic carbocycles. The van der Waals surface area contributed by atoms with E-state index in [1.54, 1.807) is 7.11 Å². The van der Waals surface area contributed by atoms with Gasteiger partial charge in [0.1, 0.15) is 5.75 Å². The van der Waals surface area contributed by atoms with Crippen LogP contribution in [0.25, 0.3) is 0 Å². The number of anilines is 1. The van der Waals surface area contributed by atoms with Crippen LogP contribution in [0.3, 0.4) is 0 Å². The standard InChI is InChI=1S/C16H28N2O/c1-16(2,3)14-12-13(8-9-15(14)19-5)18-11-7-6-10-17-4/h8-9,12,17-18H,6-7,10-11H2,1-5H3. The Hall–Kier alpha value is -1.22. The van der Waals surface area contributed by atoms with E-state index in [4.69, 9.17) is 4.74 Å². The van der Waals surface area contributed by atoms with E-state index in [2.05, 4.69) is 49.6 Å². The zero-order chi connectivity index (χ0) is 14.3. The van der Waals surface area contributed by atoms with Crippen molar-refractivity contribution in [2.45, 2.75) is 39.0 Å². The van der Waals surface area contributed by atoms with Gasteiger partial charge in [-0.3, -0.25) is 0 Å². The fourth-order valence-electron chi connectivity index (χ4n) is 2.06. The molecule has 0 bridgehead atoms. The molecule has 0 saturated heterocycles. The highest BCUT2D eigenvalue weighted by Crippen LogP contribution is 2.33. The lowest BCUT2D eigenvalue weighted by Crippen LogP contribution is -2.14. The highest BCUT2D eigenvalue weighted by atomic mass is 16.5. The van der Waals surface area contributed by atoms with Crippen LogP contribution in [0.5, 0.6) is 5.75 Å². The van der Waals surface area contributed by atoms with Gasteiger partial charge in [0.25, 0.3) is 0 Å². The van der Waals surface area contributed by atoms with Crippen molar-refractivity contribution in [3.05, 3.63) is 23.8 Å². The monoisotopic (exact) mass is 264 g/mol. The van der Waals surface area contributed by atoms with Crippen molar-refractivity contribution < 1.29 is 4.74 Å². The van der Waals surface area contributed by atoms with Crippen LogP contribution in [-0.2, 0) is 5.41 Å². The van der Waals surface area contributed by atoms with Crippen molar-refractivity contribution in [3.63, 3.8) is 0 Å². The SMILES string of the molecule is CNCCCCNc1ccc(OC)c(C(C)(C)C)c1. The summed E-state index contributed by atoms with van der Waals surface area (Å²) in [5, 5.41) is 6.65. The summed E-state index contributed by atoms with van der Waals surface area (Å²) in [4.78, 5) is 0. The van der Waals surface area contributed by atoms with E-state index in [0.29, 0.717) is 0 Å². The Morgan fingerprint density at radius 1 is 1.11 bits per heavy atom. The maximum absolute atomic E-state index is 5.45. The molecule has 0 spiro atoms. The number of methoxy groups -OCH3 is 1. The topological polar surface area (TPSA) is 33.3 Å². The molecule has 0 saturated carbocycles. The second-order valence-corrected chi connectivity index (χ2v) is 5.90. The molecule has 0 aliphatic carbocycles. The average Bonchev–Trinajstić information content (AvgIpc) is 2.37. The molecule has 0 amide bonds. The first-order valence-electron chi connectivity index (χ1n) is 7.06. The predicted molar refractivity (Wildman–Crippen MR) is 83.3 cm³/mol. The summed E-state index contributed by atoms with van der Waals surface area (Å²) in [5.74, 6) is 0.966. The number of hydrogen-bond acceptors (Lipinski definition) is 3. The molecule has 0 aromatic heterocycles. The predicted octanol–water partition coefficient (Wildman–Crippen LogP) is 3.40. The molecular formula is C16H28N2O. The molecule has 0 heterocycles. The summed E-state index contributed by atoms with van der Waals surface area (Å²) in [6.45, 7) is 8.72. The minimum atomic E-state index is 0.0924. The molecule has 0 aliphatic rings. The van der Waals surface area contributed by atoms with Crippen LogP contribution in [-0.4, -0.2) is 27.2 Å². The van der Waals surface area contributed by atoms with Gasteiger partial charge in [-0.15, -0.1) is 0 Å². The maximum Gasteiger partial charge on any atom is 0.122 e. The third kappa shape index (κ3) is 5.11. The molecule has 0 fully saturated rings. The Bertz CT molecular complexity index is 383. The quantitative estimate of drug-likeness (QED) is 0.741. The Balaban J connectivity index is 2.65. The molecule has 3 heteroatoms. The number of benzene rings is 1. The van der Waals surface area contributed by atoms with E-state index in [0.717, 1.165) is 18.8 Å². The smallest absolute Gasteiger partial charge is 0.122 e. The van der Waals surface area contributed by atoms with E-state index >= 15 is 0 Å². The molecular weight excluding hydrogens is 236 g/mol. The van der Waals surface area contributed by atoms with Crippen LogP contribution in [0.1, 0.15) is 39.2 Å². The summed E-state index contributed by atoms with van der Waals surface area (Å²) in [6.07, 6.45) is 2.38. The number of unbranched alkanes of at least 4 members (excludes halogenated alkanes) is 1. The van der Waals surface area contributed by atoms with Crippen LogP contribution < -0.4 is 15.4 Å². The molecule has 19 heavy (non-hydrogen) atoms. The first-order valence-corrected chi connectivity index (χ1v) is 7.06. The van der Waals surface area contributed by atoms with Crippen LogP contribution in [0.15, 0.2) is 18.2 Å². The van der Waals surface area contributed by atoms with Gasteiger partial charge in [0, 0.05) is 17.8 Å². The zero-order valence-corrected chi connectivity index (χ0v) is 13.0. The maximum atomic E-state index is 5.45. The number of hydrogen-bond donors (Lipinski definition) is 2. The van der Waals surface area contributed by atoms with Gasteiger partial charge >= 0.3 is 0 Å². The molecule has 3 nitrogen and oxygen atoms in total. The van der Waals surface area contributed by atoms with Crippen molar-refractivity contribution in [1.82, 2.24) is 5.32 Å². The first-order chi connectivity index (χ1) is 8.99. The van der Waals surface area contributed by atoms with Crippen LogP contribution in [0.2, 0.25) is 0 Å². The van der Waals surface area contributed by atoms with Gasteiger partial charge in [-0.1, -0.05) is 20.8 Å². The lowest BCUT2D eigenvalue weighted by molar-refractivity contribution is 0.397. The fourth-order valence-corrected chi connectivity index (χ4v) is 2.06. The minimum Gasteiger partial charge on any atom is -0.496 e. The van der Waals surface area contributed by atoms with Crippen molar-refractivity contribution in [3.8, 4) is 5.75 Å². The van der Waals surface area contributed by atoms with Gasteiger partial charge < -0.3 is 15.4 Å². The lowest BCUT2D eigenvalue weighted by Gasteiger charge is -2.23. The summed E-state index contributed by atoms with van der Waals surface area (Å²) < 4.78 is 5.45. The van der Waals surface area contributed by atoms with Crippen molar-refractivity contribution in [2.24, 2.45) is 0 Å². The Morgan fingerprint density at radius 3 is 2.37 bits per heavy atom. The van der Waals surface area contributed by atoms with E-state index in [1.807, 2.05) is 7.05 Å². The van der Waals surface area contributed by atoms with Gasteiger partial charge in [-0.05, 0) is 50.0 Å². The fraction of sp³-hybridized carbons (Fsp3) is 0.625. The van der Waals surface area contributed by atoms with Crippen LogP contribution in [0, 0.1) is 0 Å². The number of ether oxygens (including phenoxy) is 1. The van der Waals surface area contributed by atoms with Crippen molar-refractivity contribution in [2.75, 3.05) is 32.6 Å². The Kier molecular flexibility index (Phi) is 6.16. The van der Waals surface area contributed by atoms with E-state index in [9.17, 15) is 0 Å². The highest BCUT2D eigenvalue weighted by molar-refractivity contribution is 5.53. The minimum absolute atomic E-state index is 0.0924. The largest absolute Gasteiger partial charge is 0.496 e. The van der Waals surface area contributed by atoms with Crippen LogP contribution >= 0.6 is 0 Å². The van der Waals surface area contributed by atoms with E-state index < -0.39 is 0 Å². The van der Waals surface area contributed by atoms with Gasteiger partial charge in [0.15, 0.2) is 0 Å². The number of rotatable bonds is 7. The molecule has 1 aromatic rings. The normalized spacial score (nSPS) is 11.4. The molecule has 0 aliphatic heterocycles. The molecule has 0 atom stereocenters. The second kappa shape index (κ2) is 7.39. The Labute approximate surface area is 117 Å². The lowest BCUT2D eigenvalue weighted by atomic mass is 9.86. The molecule has 0 radical (unpaired) electrons. The Morgan fingerprint density at radius 2 is 1.79 bits per heavy atom. The van der Waals surface area contributed by atoms with Crippen LogP contribution in [0.4, 0.5) is 5.69 Å². The van der Waals surface area contributed by atoms with Crippen molar-refractivity contribution in [1.29, 1.82) is 0 Å². The van der Waals surface area contributed by atoms with Gasteiger partial charge in [-0.2, -0.15) is 0 Å². The van der Waals surface area contributed by atoms with E-state index in [1.165, 1.54) is 24.1 Å². The molecule has 0 unspecified atom stereocenters. The molecule has 2 N–H and O–H groups in total. The zero-order valence-electron chi connectivity index (χ0n) is 13.0. The summed E-state index contributed by atoms with van der Waals surface area (Å²) >= 11 is 0. The molecule has 1 rings (SSSR count).